The third-order valence-corrected chi connectivity index (χ3v) is 3.24. The summed E-state index contributed by atoms with van der Waals surface area (Å²) in [7, 11) is 0. The summed E-state index contributed by atoms with van der Waals surface area (Å²) in [6, 6.07) is 7.27. The number of aliphatic imine (C=N–C) groups is 2. The molecule has 7 nitrogen and oxygen atoms in total. The van der Waals surface area contributed by atoms with Crippen LogP contribution >= 0.6 is 0 Å². The van der Waals surface area contributed by atoms with E-state index in [0.717, 1.165) is 31.5 Å². The molecule has 0 radical (unpaired) electrons. The molecular weight excluding hydrogens is 268 g/mol. The summed E-state index contributed by atoms with van der Waals surface area (Å²) >= 11 is 0. The van der Waals surface area contributed by atoms with Crippen LogP contribution in [0.15, 0.2) is 34.3 Å². The number of carbonyl (C=O) groups is 1. The standard InChI is InChI=1S/C14H20N6O/c15-13(16)19-14(17)18-11-5-3-10(4-6-11)9-12(21)20-7-1-2-8-20/h3-6H,1-2,7-9H2,(H6,15,16,17,18,19). The molecule has 7 heteroatoms. The van der Waals surface area contributed by atoms with Gasteiger partial charge in [0.15, 0.2) is 5.96 Å². The molecule has 1 saturated heterocycles. The summed E-state index contributed by atoms with van der Waals surface area (Å²) < 4.78 is 0. The number of hydrogen-bond acceptors (Lipinski definition) is 2. The van der Waals surface area contributed by atoms with Crippen LogP contribution in [0.5, 0.6) is 0 Å². The van der Waals surface area contributed by atoms with Crippen LogP contribution in [0.2, 0.25) is 0 Å². The van der Waals surface area contributed by atoms with Crippen LogP contribution in [0, 0.1) is 0 Å². The van der Waals surface area contributed by atoms with Gasteiger partial charge in [0.1, 0.15) is 0 Å². The lowest BCUT2D eigenvalue weighted by atomic mass is 10.1. The normalized spacial score (nSPS) is 15.0. The highest BCUT2D eigenvalue weighted by Gasteiger charge is 2.17. The summed E-state index contributed by atoms with van der Waals surface area (Å²) in [5.41, 5.74) is 17.6. The van der Waals surface area contributed by atoms with Crippen LogP contribution in [-0.4, -0.2) is 35.8 Å². The van der Waals surface area contributed by atoms with Crippen molar-refractivity contribution in [2.45, 2.75) is 19.3 Å². The van der Waals surface area contributed by atoms with Gasteiger partial charge in [0.2, 0.25) is 11.9 Å². The molecule has 1 aliphatic rings. The second kappa shape index (κ2) is 6.74. The van der Waals surface area contributed by atoms with Gasteiger partial charge in [0.25, 0.3) is 0 Å². The highest BCUT2D eigenvalue weighted by molar-refractivity contribution is 5.93. The van der Waals surface area contributed by atoms with Crippen molar-refractivity contribution in [1.82, 2.24) is 4.90 Å². The number of likely N-dealkylation sites (tertiary alicyclic amines) is 1. The van der Waals surface area contributed by atoms with Crippen LogP contribution in [0.25, 0.3) is 0 Å². The quantitative estimate of drug-likeness (QED) is 0.538. The zero-order valence-corrected chi connectivity index (χ0v) is 11.8. The van der Waals surface area contributed by atoms with E-state index < -0.39 is 0 Å². The first-order valence-electron chi connectivity index (χ1n) is 6.85. The number of nitrogens with two attached hydrogens (primary N) is 3. The molecule has 0 bridgehead atoms. The molecule has 0 spiro atoms. The van der Waals surface area contributed by atoms with Crippen LogP contribution in [0.1, 0.15) is 18.4 Å². The Labute approximate surface area is 123 Å². The molecule has 112 valence electrons. The lowest BCUT2D eigenvalue weighted by Gasteiger charge is -2.14. The van der Waals surface area contributed by atoms with Crippen molar-refractivity contribution < 1.29 is 4.79 Å². The number of guanidine groups is 2. The van der Waals surface area contributed by atoms with Crippen molar-refractivity contribution in [1.29, 1.82) is 0 Å². The highest BCUT2D eigenvalue weighted by Crippen LogP contribution is 2.15. The Morgan fingerprint density at radius 1 is 1.10 bits per heavy atom. The van der Waals surface area contributed by atoms with Crippen molar-refractivity contribution >= 4 is 23.5 Å². The van der Waals surface area contributed by atoms with E-state index in [2.05, 4.69) is 9.98 Å². The van der Waals surface area contributed by atoms with Gasteiger partial charge in [0.05, 0.1) is 12.1 Å². The first-order valence-corrected chi connectivity index (χ1v) is 6.85. The van der Waals surface area contributed by atoms with Gasteiger partial charge >= 0.3 is 0 Å². The van der Waals surface area contributed by atoms with Crippen molar-refractivity contribution in [2.24, 2.45) is 27.2 Å². The van der Waals surface area contributed by atoms with E-state index in [-0.39, 0.29) is 17.8 Å². The minimum atomic E-state index is -0.135. The van der Waals surface area contributed by atoms with Gasteiger partial charge in [-0.1, -0.05) is 12.1 Å². The Bertz CT molecular complexity index is 553. The van der Waals surface area contributed by atoms with E-state index in [1.165, 1.54) is 0 Å². The highest BCUT2D eigenvalue weighted by atomic mass is 16.2. The van der Waals surface area contributed by atoms with Gasteiger partial charge in [-0.15, -0.1) is 0 Å². The zero-order chi connectivity index (χ0) is 15.2. The number of hydrogen-bond donors (Lipinski definition) is 3. The smallest absolute Gasteiger partial charge is 0.226 e. The first-order chi connectivity index (χ1) is 10.0. The average molecular weight is 288 g/mol. The molecule has 6 N–H and O–H groups in total. The fraction of sp³-hybridized carbons (Fsp3) is 0.357. The number of carbonyl (C=O) groups excluding carboxylic acids is 1. The Kier molecular flexibility index (Phi) is 4.76. The maximum atomic E-state index is 12.0. The van der Waals surface area contributed by atoms with Gasteiger partial charge in [-0.05, 0) is 30.5 Å². The van der Waals surface area contributed by atoms with Crippen molar-refractivity contribution in [3.63, 3.8) is 0 Å². The lowest BCUT2D eigenvalue weighted by Crippen LogP contribution is -2.28. The van der Waals surface area contributed by atoms with E-state index in [1.54, 1.807) is 12.1 Å². The van der Waals surface area contributed by atoms with Gasteiger partial charge in [-0.2, -0.15) is 4.99 Å². The topological polar surface area (TPSA) is 123 Å². The molecule has 1 heterocycles. The molecule has 0 aromatic heterocycles. The first kappa shape index (κ1) is 14.8. The number of rotatable bonds is 3. The van der Waals surface area contributed by atoms with Crippen molar-refractivity contribution in [3.8, 4) is 0 Å². The fourth-order valence-corrected chi connectivity index (χ4v) is 2.23. The minimum absolute atomic E-state index is 0.00380. The Morgan fingerprint density at radius 3 is 2.29 bits per heavy atom. The molecule has 0 aliphatic carbocycles. The molecular formula is C14H20N6O. The van der Waals surface area contributed by atoms with Gasteiger partial charge in [-0.25, -0.2) is 4.99 Å². The molecule has 21 heavy (non-hydrogen) atoms. The van der Waals surface area contributed by atoms with Crippen LogP contribution in [0.3, 0.4) is 0 Å². The predicted octanol–water partition coefficient (Wildman–Crippen LogP) is 0.0711. The SMILES string of the molecule is NC(N)=NC(N)=Nc1ccc(CC(=O)N2CCCC2)cc1. The largest absolute Gasteiger partial charge is 0.370 e. The monoisotopic (exact) mass is 288 g/mol. The summed E-state index contributed by atoms with van der Waals surface area (Å²) in [5.74, 6) is 0.0312. The Morgan fingerprint density at radius 2 is 1.71 bits per heavy atom. The Balaban J connectivity index is 1.98. The number of nitrogens with zero attached hydrogens (tertiary/aromatic N) is 3. The van der Waals surface area contributed by atoms with Crippen LogP contribution in [0.4, 0.5) is 5.69 Å². The molecule has 2 rings (SSSR count). The Hall–Kier alpha value is -2.57. The predicted molar refractivity (Wildman–Crippen MR) is 83.1 cm³/mol. The molecule has 0 unspecified atom stereocenters. The van der Waals surface area contributed by atoms with Gasteiger partial charge < -0.3 is 22.1 Å². The fourth-order valence-electron chi connectivity index (χ4n) is 2.23. The summed E-state index contributed by atoms with van der Waals surface area (Å²) in [6.45, 7) is 1.74. The van der Waals surface area contributed by atoms with E-state index in [1.807, 2.05) is 17.0 Å². The molecule has 1 fully saturated rings. The molecule has 1 amide bonds. The van der Waals surface area contributed by atoms with E-state index in [9.17, 15) is 4.79 Å². The maximum Gasteiger partial charge on any atom is 0.226 e. The maximum absolute atomic E-state index is 12.0. The average Bonchev–Trinajstić information content (AvgIpc) is 2.94. The second-order valence-electron chi connectivity index (χ2n) is 4.94. The van der Waals surface area contributed by atoms with Crippen molar-refractivity contribution in [3.05, 3.63) is 29.8 Å². The molecule has 1 aliphatic heterocycles. The summed E-state index contributed by atoms with van der Waals surface area (Å²) in [4.78, 5) is 21.6. The minimum Gasteiger partial charge on any atom is -0.370 e. The summed E-state index contributed by atoms with van der Waals surface area (Å²) in [5, 5.41) is 0. The second-order valence-corrected chi connectivity index (χ2v) is 4.94. The van der Waals surface area contributed by atoms with Gasteiger partial charge in [-0.3, -0.25) is 4.79 Å². The van der Waals surface area contributed by atoms with Crippen LogP contribution < -0.4 is 17.2 Å². The zero-order valence-electron chi connectivity index (χ0n) is 11.8. The third kappa shape index (κ3) is 4.48. The molecule has 0 saturated carbocycles. The van der Waals surface area contributed by atoms with Gasteiger partial charge in [0, 0.05) is 13.1 Å². The third-order valence-electron chi connectivity index (χ3n) is 3.24. The van der Waals surface area contributed by atoms with Crippen molar-refractivity contribution in [2.75, 3.05) is 13.1 Å². The summed E-state index contributed by atoms with van der Waals surface area (Å²) in [6.07, 6.45) is 2.61. The number of benzene rings is 1. The molecule has 1 aromatic rings. The molecule has 0 atom stereocenters. The van der Waals surface area contributed by atoms with E-state index in [4.69, 9.17) is 17.2 Å². The van der Waals surface area contributed by atoms with E-state index >= 15 is 0 Å². The van der Waals surface area contributed by atoms with Crippen LogP contribution in [-0.2, 0) is 11.2 Å². The lowest BCUT2D eigenvalue weighted by molar-refractivity contribution is -0.129. The number of amides is 1. The molecule has 1 aromatic carbocycles. The van der Waals surface area contributed by atoms with E-state index in [0.29, 0.717) is 12.1 Å².